The lowest BCUT2D eigenvalue weighted by atomic mass is 9.98. The van der Waals surface area contributed by atoms with E-state index in [1.807, 2.05) is 18.2 Å². The van der Waals surface area contributed by atoms with Crippen molar-refractivity contribution in [1.29, 1.82) is 0 Å². The number of amides is 1. The molecule has 0 radical (unpaired) electrons. The molecule has 27 heavy (non-hydrogen) atoms. The number of carbonyl (C=O) groups is 1. The Morgan fingerprint density at radius 3 is 3.04 bits per heavy atom. The summed E-state index contributed by atoms with van der Waals surface area (Å²) in [6, 6.07) is 11.6. The van der Waals surface area contributed by atoms with E-state index in [9.17, 15) is 4.79 Å². The quantitative estimate of drug-likeness (QED) is 0.818. The van der Waals surface area contributed by atoms with Crippen LogP contribution in [0.1, 0.15) is 28.8 Å². The molecule has 5 nitrogen and oxygen atoms in total. The Bertz CT molecular complexity index is 761. The lowest BCUT2D eigenvalue weighted by molar-refractivity contribution is 0.0934. The molecule has 1 amide bonds. The predicted octanol–water partition coefficient (Wildman–Crippen LogP) is 3.25. The monoisotopic (exact) mass is 365 g/mol. The molecule has 1 saturated heterocycles. The van der Waals surface area contributed by atoms with Gasteiger partial charge in [-0.3, -0.25) is 14.7 Å². The van der Waals surface area contributed by atoms with Gasteiger partial charge < -0.3 is 10.1 Å². The molecule has 3 rings (SSSR count). The van der Waals surface area contributed by atoms with Gasteiger partial charge in [-0.25, -0.2) is 0 Å². The van der Waals surface area contributed by atoms with Crippen LogP contribution in [-0.2, 0) is 0 Å². The molecule has 2 aromatic rings. The fourth-order valence-electron chi connectivity index (χ4n) is 3.45. The predicted molar refractivity (Wildman–Crippen MR) is 108 cm³/mol. The smallest absolute Gasteiger partial charge is 0.252 e. The minimum atomic E-state index is -0.0451. The number of carbonyl (C=O) groups excluding carboxylic acids is 1. The number of para-hydroxylation sites is 1. The lowest BCUT2D eigenvalue weighted by Crippen LogP contribution is -2.41. The molecule has 142 valence electrons. The van der Waals surface area contributed by atoms with Gasteiger partial charge in [-0.1, -0.05) is 30.4 Å². The highest BCUT2D eigenvalue weighted by Crippen LogP contribution is 2.19. The molecule has 1 aromatic heterocycles. The Hall–Kier alpha value is -2.66. The molecule has 0 unspecified atom stereocenters. The van der Waals surface area contributed by atoms with E-state index in [0.717, 1.165) is 43.8 Å². The van der Waals surface area contributed by atoms with E-state index in [1.54, 1.807) is 31.6 Å². The van der Waals surface area contributed by atoms with Crippen LogP contribution in [-0.4, -0.2) is 49.1 Å². The van der Waals surface area contributed by atoms with Crippen molar-refractivity contribution < 1.29 is 9.53 Å². The molecule has 1 atom stereocenters. The minimum Gasteiger partial charge on any atom is -0.496 e. The Morgan fingerprint density at radius 2 is 2.22 bits per heavy atom. The van der Waals surface area contributed by atoms with Crippen molar-refractivity contribution in [2.75, 3.05) is 33.3 Å². The van der Waals surface area contributed by atoms with E-state index < -0.39 is 0 Å². The molecular weight excluding hydrogens is 338 g/mol. The average molecular weight is 365 g/mol. The molecular formula is C22H27N3O2. The summed E-state index contributed by atoms with van der Waals surface area (Å²) in [5.41, 5.74) is 1.71. The normalized spacial score (nSPS) is 17.7. The Kier molecular flexibility index (Phi) is 6.99. The Labute approximate surface area is 161 Å². The van der Waals surface area contributed by atoms with Crippen molar-refractivity contribution in [3.8, 4) is 5.75 Å². The number of aromatic nitrogens is 1. The van der Waals surface area contributed by atoms with Crippen LogP contribution < -0.4 is 10.1 Å². The number of benzene rings is 1. The first-order valence-electron chi connectivity index (χ1n) is 9.46. The molecule has 0 saturated carbocycles. The van der Waals surface area contributed by atoms with Crippen LogP contribution in [0.25, 0.3) is 6.08 Å². The number of likely N-dealkylation sites (tertiary alicyclic amines) is 1. The van der Waals surface area contributed by atoms with Crippen molar-refractivity contribution in [2.45, 2.75) is 12.8 Å². The minimum absolute atomic E-state index is 0.0451. The number of pyridine rings is 1. The van der Waals surface area contributed by atoms with Gasteiger partial charge in [0.1, 0.15) is 5.75 Å². The molecule has 1 aliphatic rings. The number of methoxy groups -OCH3 is 1. The summed E-state index contributed by atoms with van der Waals surface area (Å²) < 4.78 is 5.39. The van der Waals surface area contributed by atoms with Gasteiger partial charge in [-0.05, 0) is 43.5 Å². The number of rotatable bonds is 7. The van der Waals surface area contributed by atoms with Crippen molar-refractivity contribution in [1.82, 2.24) is 15.2 Å². The summed E-state index contributed by atoms with van der Waals surface area (Å²) in [5, 5.41) is 3.05. The molecule has 2 heterocycles. The van der Waals surface area contributed by atoms with Crippen LogP contribution in [0.2, 0.25) is 0 Å². The number of hydrogen-bond donors (Lipinski definition) is 1. The zero-order chi connectivity index (χ0) is 18.9. The highest BCUT2D eigenvalue weighted by atomic mass is 16.5. The Morgan fingerprint density at radius 1 is 1.33 bits per heavy atom. The number of nitrogens with one attached hydrogen (secondary N) is 1. The van der Waals surface area contributed by atoms with Crippen LogP contribution >= 0.6 is 0 Å². The highest BCUT2D eigenvalue weighted by Gasteiger charge is 2.19. The SMILES string of the molecule is COc1ccccc1/C=C/CN1CCC[C@@H](CNC(=O)c2cccnc2)C1. The molecule has 0 aliphatic carbocycles. The maximum Gasteiger partial charge on any atom is 0.252 e. The fraction of sp³-hybridized carbons (Fsp3) is 0.364. The average Bonchev–Trinajstić information content (AvgIpc) is 2.73. The molecule has 1 aliphatic heterocycles. The number of hydrogen-bond acceptors (Lipinski definition) is 4. The van der Waals surface area contributed by atoms with E-state index in [4.69, 9.17) is 4.74 Å². The zero-order valence-electron chi connectivity index (χ0n) is 15.8. The van der Waals surface area contributed by atoms with E-state index in [0.29, 0.717) is 18.0 Å². The van der Waals surface area contributed by atoms with E-state index >= 15 is 0 Å². The van der Waals surface area contributed by atoms with Crippen LogP contribution in [0.3, 0.4) is 0 Å². The molecule has 1 N–H and O–H groups in total. The standard InChI is InChI=1S/C22H27N3O2/c1-27-21-11-3-2-8-19(21)10-6-14-25-13-5-7-18(17-25)15-24-22(26)20-9-4-12-23-16-20/h2-4,6,8-12,16,18H,5,7,13-15,17H2,1H3,(H,24,26)/b10-6+/t18-/m0/s1. The molecule has 1 fully saturated rings. The third kappa shape index (κ3) is 5.66. The van der Waals surface area contributed by atoms with Crippen molar-refractivity contribution >= 4 is 12.0 Å². The Balaban J connectivity index is 1.46. The van der Waals surface area contributed by atoms with Gasteiger partial charge in [-0.2, -0.15) is 0 Å². The summed E-state index contributed by atoms with van der Waals surface area (Å²) in [6.07, 6.45) is 9.90. The third-order valence-electron chi connectivity index (χ3n) is 4.88. The highest BCUT2D eigenvalue weighted by molar-refractivity contribution is 5.93. The van der Waals surface area contributed by atoms with Gasteiger partial charge in [-0.15, -0.1) is 0 Å². The first-order chi connectivity index (χ1) is 13.3. The molecule has 5 heteroatoms. The van der Waals surface area contributed by atoms with Crippen LogP contribution in [0.15, 0.2) is 54.9 Å². The van der Waals surface area contributed by atoms with Crippen molar-refractivity contribution in [3.63, 3.8) is 0 Å². The van der Waals surface area contributed by atoms with Gasteiger partial charge in [0.15, 0.2) is 0 Å². The van der Waals surface area contributed by atoms with Gasteiger partial charge in [0.25, 0.3) is 5.91 Å². The van der Waals surface area contributed by atoms with Crippen LogP contribution in [0, 0.1) is 5.92 Å². The topological polar surface area (TPSA) is 54.5 Å². The number of nitrogens with zero attached hydrogens (tertiary/aromatic N) is 2. The van der Waals surface area contributed by atoms with Gasteiger partial charge in [0.05, 0.1) is 12.7 Å². The largest absolute Gasteiger partial charge is 0.496 e. The van der Waals surface area contributed by atoms with E-state index in [2.05, 4.69) is 33.4 Å². The summed E-state index contributed by atoms with van der Waals surface area (Å²) in [5.74, 6) is 1.33. The maximum absolute atomic E-state index is 12.2. The van der Waals surface area contributed by atoms with E-state index in [1.165, 1.54) is 0 Å². The first-order valence-corrected chi connectivity index (χ1v) is 9.46. The summed E-state index contributed by atoms with van der Waals surface area (Å²) >= 11 is 0. The van der Waals surface area contributed by atoms with Crippen molar-refractivity contribution in [3.05, 3.63) is 66.0 Å². The second kappa shape index (κ2) is 9.88. The van der Waals surface area contributed by atoms with Gasteiger partial charge >= 0.3 is 0 Å². The number of piperidine rings is 1. The second-order valence-corrected chi connectivity index (χ2v) is 6.86. The second-order valence-electron chi connectivity index (χ2n) is 6.86. The van der Waals surface area contributed by atoms with Crippen LogP contribution in [0.4, 0.5) is 0 Å². The van der Waals surface area contributed by atoms with Crippen molar-refractivity contribution in [2.24, 2.45) is 5.92 Å². The molecule has 0 bridgehead atoms. The molecule has 1 aromatic carbocycles. The zero-order valence-corrected chi connectivity index (χ0v) is 15.8. The van der Waals surface area contributed by atoms with Gasteiger partial charge in [0, 0.05) is 37.6 Å². The fourth-order valence-corrected chi connectivity index (χ4v) is 3.45. The summed E-state index contributed by atoms with van der Waals surface area (Å²) in [6.45, 7) is 3.72. The van der Waals surface area contributed by atoms with Gasteiger partial charge in [0.2, 0.25) is 0 Å². The van der Waals surface area contributed by atoms with E-state index in [-0.39, 0.29) is 5.91 Å². The first kappa shape index (κ1) is 19.1. The number of ether oxygens (including phenoxy) is 1. The lowest BCUT2D eigenvalue weighted by Gasteiger charge is -2.32. The summed E-state index contributed by atoms with van der Waals surface area (Å²) in [4.78, 5) is 18.6. The van der Waals surface area contributed by atoms with Crippen LogP contribution in [0.5, 0.6) is 5.75 Å². The third-order valence-corrected chi connectivity index (χ3v) is 4.88. The maximum atomic E-state index is 12.2. The summed E-state index contributed by atoms with van der Waals surface area (Å²) in [7, 11) is 1.70. The molecule has 0 spiro atoms.